The Bertz CT molecular complexity index is 1170. The van der Waals surface area contributed by atoms with Gasteiger partial charge in [-0.25, -0.2) is 4.68 Å². The maximum Gasteiger partial charge on any atom is 0.314 e. The molecule has 0 N–H and O–H groups in total. The third kappa shape index (κ3) is 3.06. The summed E-state index contributed by atoms with van der Waals surface area (Å²) in [6.07, 6.45) is 4.43. The zero-order valence-corrected chi connectivity index (χ0v) is 16.9. The van der Waals surface area contributed by atoms with Gasteiger partial charge in [0, 0.05) is 62.3 Å². The van der Waals surface area contributed by atoms with E-state index < -0.39 is 0 Å². The van der Waals surface area contributed by atoms with Crippen LogP contribution in [0.4, 0.5) is 0 Å². The zero-order chi connectivity index (χ0) is 20.8. The van der Waals surface area contributed by atoms with Gasteiger partial charge in [0.05, 0.1) is 7.11 Å². The first kappa shape index (κ1) is 18.5. The van der Waals surface area contributed by atoms with Gasteiger partial charge < -0.3 is 14.2 Å². The molecule has 2 aliphatic rings. The van der Waals surface area contributed by atoms with E-state index in [1.54, 1.807) is 30.4 Å². The van der Waals surface area contributed by atoms with Crippen LogP contribution < -0.4 is 10.3 Å². The summed E-state index contributed by atoms with van der Waals surface area (Å²) in [6, 6.07) is 7.84. The molecular formula is C21H22N6O3. The summed E-state index contributed by atoms with van der Waals surface area (Å²) in [5.41, 5.74) is 2.74. The lowest BCUT2D eigenvalue weighted by atomic mass is 9.82. The number of aryl methyl sites for hydroxylation is 1. The molecule has 3 aromatic rings. The lowest BCUT2D eigenvalue weighted by molar-refractivity contribution is 0.0582. The van der Waals surface area contributed by atoms with Gasteiger partial charge >= 0.3 is 6.01 Å². The van der Waals surface area contributed by atoms with Crippen molar-refractivity contribution in [3.8, 4) is 17.1 Å². The van der Waals surface area contributed by atoms with Crippen LogP contribution in [0.25, 0.3) is 11.1 Å². The summed E-state index contributed by atoms with van der Waals surface area (Å²) >= 11 is 0. The Hall–Kier alpha value is -3.49. The van der Waals surface area contributed by atoms with Crippen molar-refractivity contribution in [2.24, 2.45) is 13.0 Å². The zero-order valence-electron chi connectivity index (χ0n) is 16.9. The van der Waals surface area contributed by atoms with Crippen molar-refractivity contribution >= 4 is 5.91 Å². The van der Waals surface area contributed by atoms with Crippen LogP contribution in [0.15, 0.2) is 41.5 Å². The number of amides is 1. The van der Waals surface area contributed by atoms with Gasteiger partial charge in [-0.1, -0.05) is 6.07 Å². The standard InChI is InChI=1S/C21H22N6O3/c1-25-21(30-2)23-19(24-25)20(29)26-10-13-6-16(12-26)17-7-15(8-18(28)27(17)11-13)14-4-3-5-22-9-14/h3-5,7-9,13,16H,6,10-12H2,1-2H3/t13-,16+/m0/s1. The number of ether oxygens (including phenoxy) is 1. The second-order valence-corrected chi connectivity index (χ2v) is 7.91. The summed E-state index contributed by atoms with van der Waals surface area (Å²) in [5.74, 6) is 0.253. The molecule has 1 fully saturated rings. The molecular weight excluding hydrogens is 384 g/mol. The van der Waals surface area contributed by atoms with E-state index in [4.69, 9.17) is 4.74 Å². The molecule has 0 saturated carbocycles. The Morgan fingerprint density at radius 3 is 2.80 bits per heavy atom. The molecule has 5 heterocycles. The quantitative estimate of drug-likeness (QED) is 0.651. The van der Waals surface area contributed by atoms with E-state index in [-0.39, 0.29) is 29.1 Å². The first-order valence-corrected chi connectivity index (χ1v) is 9.93. The molecule has 2 aliphatic heterocycles. The molecule has 0 radical (unpaired) electrons. The largest absolute Gasteiger partial charge is 0.467 e. The van der Waals surface area contributed by atoms with Crippen molar-refractivity contribution in [3.05, 3.63) is 58.5 Å². The minimum Gasteiger partial charge on any atom is -0.467 e. The lowest BCUT2D eigenvalue weighted by Crippen LogP contribution is -2.49. The van der Waals surface area contributed by atoms with E-state index >= 15 is 0 Å². The number of methoxy groups -OCH3 is 1. The third-order valence-corrected chi connectivity index (χ3v) is 5.94. The van der Waals surface area contributed by atoms with Crippen molar-refractivity contribution in [2.45, 2.75) is 18.9 Å². The smallest absolute Gasteiger partial charge is 0.314 e. The number of rotatable bonds is 3. The van der Waals surface area contributed by atoms with Gasteiger partial charge in [-0.05, 0) is 30.0 Å². The fraction of sp³-hybridized carbons (Fsp3) is 0.381. The van der Waals surface area contributed by atoms with Crippen LogP contribution >= 0.6 is 0 Å². The Kier molecular flexibility index (Phi) is 4.38. The first-order valence-electron chi connectivity index (χ1n) is 9.93. The number of carbonyl (C=O) groups excluding carboxylic acids is 1. The van der Waals surface area contributed by atoms with E-state index in [1.165, 1.54) is 11.8 Å². The summed E-state index contributed by atoms with van der Waals surface area (Å²) < 4.78 is 8.44. The van der Waals surface area contributed by atoms with Crippen LogP contribution in [0.2, 0.25) is 0 Å². The first-order chi connectivity index (χ1) is 14.5. The summed E-state index contributed by atoms with van der Waals surface area (Å²) in [4.78, 5) is 36.0. The number of likely N-dealkylation sites (tertiary alicyclic amines) is 1. The van der Waals surface area contributed by atoms with Crippen LogP contribution in [-0.2, 0) is 13.6 Å². The predicted octanol–water partition coefficient (Wildman–Crippen LogP) is 1.31. The maximum atomic E-state index is 13.0. The van der Waals surface area contributed by atoms with E-state index in [0.717, 1.165) is 23.2 Å². The molecule has 2 atom stereocenters. The summed E-state index contributed by atoms with van der Waals surface area (Å²) in [5, 5.41) is 4.19. The Balaban J connectivity index is 1.47. The molecule has 1 amide bonds. The number of fused-ring (bicyclic) bond motifs is 4. The molecule has 9 nitrogen and oxygen atoms in total. The van der Waals surface area contributed by atoms with Gasteiger partial charge in [0.2, 0.25) is 5.82 Å². The van der Waals surface area contributed by atoms with Crippen LogP contribution in [-0.4, -0.2) is 55.3 Å². The molecule has 0 aromatic carbocycles. The molecule has 30 heavy (non-hydrogen) atoms. The Labute approximate surface area is 172 Å². The highest BCUT2D eigenvalue weighted by Crippen LogP contribution is 2.36. The van der Waals surface area contributed by atoms with Crippen molar-refractivity contribution in [1.82, 2.24) is 29.2 Å². The average molecular weight is 406 g/mol. The Morgan fingerprint density at radius 1 is 1.20 bits per heavy atom. The van der Waals surface area contributed by atoms with Crippen LogP contribution in [0.5, 0.6) is 6.01 Å². The van der Waals surface area contributed by atoms with Gasteiger partial charge in [0.15, 0.2) is 0 Å². The fourth-order valence-corrected chi connectivity index (χ4v) is 4.61. The highest BCUT2D eigenvalue weighted by molar-refractivity contribution is 5.90. The predicted molar refractivity (Wildman–Crippen MR) is 108 cm³/mol. The SMILES string of the molecule is COc1nc(C(=O)N2C[C@@H]3C[C@H](C2)c2cc(-c4cccnc4)cc(=O)n2C3)nn1C. The van der Waals surface area contributed by atoms with Gasteiger partial charge in [-0.15, -0.1) is 5.10 Å². The van der Waals surface area contributed by atoms with E-state index in [9.17, 15) is 9.59 Å². The maximum absolute atomic E-state index is 13.0. The van der Waals surface area contributed by atoms with Gasteiger partial charge in [0.1, 0.15) is 0 Å². The van der Waals surface area contributed by atoms with Crippen molar-refractivity contribution in [1.29, 1.82) is 0 Å². The normalized spacial score (nSPS) is 20.0. The number of piperidine rings is 1. The van der Waals surface area contributed by atoms with E-state index in [0.29, 0.717) is 25.6 Å². The average Bonchev–Trinajstić information content (AvgIpc) is 3.15. The highest BCUT2D eigenvalue weighted by atomic mass is 16.5. The van der Waals surface area contributed by atoms with Gasteiger partial charge in [-0.3, -0.25) is 14.6 Å². The lowest BCUT2D eigenvalue weighted by Gasteiger charge is -2.42. The third-order valence-electron chi connectivity index (χ3n) is 5.94. The van der Waals surface area contributed by atoms with Crippen LogP contribution in [0, 0.1) is 5.92 Å². The molecule has 0 aliphatic carbocycles. The number of hydrogen-bond donors (Lipinski definition) is 0. The number of nitrogens with zero attached hydrogens (tertiary/aromatic N) is 6. The van der Waals surface area contributed by atoms with Crippen molar-refractivity contribution < 1.29 is 9.53 Å². The molecule has 0 unspecified atom stereocenters. The van der Waals surface area contributed by atoms with Gasteiger partial charge in [-0.2, -0.15) is 4.98 Å². The number of aromatic nitrogens is 5. The van der Waals surface area contributed by atoms with Crippen LogP contribution in [0.3, 0.4) is 0 Å². The van der Waals surface area contributed by atoms with E-state index in [2.05, 4.69) is 21.1 Å². The topological polar surface area (TPSA) is 95.1 Å². The minimum atomic E-state index is -0.206. The molecule has 2 bridgehead atoms. The summed E-state index contributed by atoms with van der Waals surface area (Å²) in [7, 11) is 3.19. The number of hydrogen-bond acceptors (Lipinski definition) is 6. The molecule has 9 heteroatoms. The summed E-state index contributed by atoms with van der Waals surface area (Å²) in [6.45, 7) is 1.73. The molecule has 154 valence electrons. The van der Waals surface area contributed by atoms with Crippen molar-refractivity contribution in [2.75, 3.05) is 20.2 Å². The molecule has 1 saturated heterocycles. The second kappa shape index (κ2) is 7.08. The molecule has 0 spiro atoms. The molecule has 3 aromatic heterocycles. The number of carbonyl (C=O) groups is 1. The fourth-order valence-electron chi connectivity index (χ4n) is 4.61. The minimum absolute atomic E-state index is 0.00282. The Morgan fingerprint density at radius 2 is 2.07 bits per heavy atom. The molecule has 5 rings (SSSR count). The van der Waals surface area contributed by atoms with Crippen LogP contribution in [0.1, 0.15) is 28.7 Å². The monoisotopic (exact) mass is 406 g/mol. The van der Waals surface area contributed by atoms with E-state index in [1.807, 2.05) is 16.7 Å². The highest BCUT2D eigenvalue weighted by Gasteiger charge is 2.38. The van der Waals surface area contributed by atoms with Crippen molar-refractivity contribution in [3.63, 3.8) is 0 Å². The second-order valence-electron chi connectivity index (χ2n) is 7.91. The van der Waals surface area contributed by atoms with Gasteiger partial charge in [0.25, 0.3) is 11.5 Å². The number of pyridine rings is 2.